The number of hydrogen-bond donors (Lipinski definition) is 1. The summed E-state index contributed by atoms with van der Waals surface area (Å²) in [5.74, 6) is -0.157. The number of rotatable bonds is 4. The lowest BCUT2D eigenvalue weighted by Crippen LogP contribution is -2.32. The lowest BCUT2D eigenvalue weighted by molar-refractivity contribution is -0.117. The van der Waals surface area contributed by atoms with Crippen LogP contribution in [-0.4, -0.2) is 24.4 Å². The Morgan fingerprint density at radius 2 is 2.00 bits per heavy atom. The highest BCUT2D eigenvalue weighted by Gasteiger charge is 2.07. The first-order chi connectivity index (χ1) is 7.72. The van der Waals surface area contributed by atoms with E-state index in [0.29, 0.717) is 0 Å². The average molecular weight is 239 g/mol. The van der Waals surface area contributed by atoms with E-state index in [1.54, 1.807) is 6.92 Å². The maximum atomic E-state index is 11.3. The Labute approximate surface area is 98.4 Å². The molecule has 0 aliphatic rings. The zero-order chi connectivity index (χ0) is 11.8. The van der Waals surface area contributed by atoms with Gasteiger partial charge in [-0.25, -0.2) is 4.79 Å². The molecule has 0 atom stereocenters. The zero-order valence-corrected chi connectivity index (χ0v) is 9.75. The van der Waals surface area contributed by atoms with E-state index in [1.165, 1.54) is 11.8 Å². The van der Waals surface area contributed by atoms with Crippen molar-refractivity contribution < 1.29 is 14.3 Å². The van der Waals surface area contributed by atoms with Crippen LogP contribution in [0.4, 0.5) is 4.79 Å². The summed E-state index contributed by atoms with van der Waals surface area (Å²) in [6.45, 7) is 1.94. The third-order valence-corrected chi connectivity index (χ3v) is 2.64. The highest BCUT2D eigenvalue weighted by molar-refractivity contribution is 8.00. The second-order valence-electron chi connectivity index (χ2n) is 2.87. The molecule has 0 fully saturated rings. The third-order valence-electron chi connectivity index (χ3n) is 1.63. The van der Waals surface area contributed by atoms with Crippen LogP contribution in [0.5, 0.6) is 0 Å². The van der Waals surface area contributed by atoms with Crippen molar-refractivity contribution in [2.75, 3.05) is 12.4 Å². The maximum Gasteiger partial charge on any atom is 0.413 e. The number of carbonyl (C=O) groups excluding carboxylic acids is 2. The third kappa shape index (κ3) is 4.84. The van der Waals surface area contributed by atoms with E-state index >= 15 is 0 Å². The number of alkyl carbamates (subject to hydrolysis) is 1. The summed E-state index contributed by atoms with van der Waals surface area (Å²) in [6, 6.07) is 9.50. The Kier molecular flexibility index (Phi) is 5.42. The lowest BCUT2D eigenvalue weighted by atomic mass is 10.4. The van der Waals surface area contributed by atoms with Crippen molar-refractivity contribution >= 4 is 23.8 Å². The van der Waals surface area contributed by atoms with Crippen molar-refractivity contribution in [2.45, 2.75) is 11.8 Å². The van der Waals surface area contributed by atoms with Crippen LogP contribution < -0.4 is 5.32 Å². The summed E-state index contributed by atoms with van der Waals surface area (Å²) >= 11 is 1.37. The van der Waals surface area contributed by atoms with E-state index in [0.717, 1.165) is 4.90 Å². The molecule has 16 heavy (non-hydrogen) atoms. The minimum atomic E-state index is -0.693. The quantitative estimate of drug-likeness (QED) is 0.817. The van der Waals surface area contributed by atoms with E-state index < -0.39 is 6.09 Å². The van der Waals surface area contributed by atoms with E-state index in [9.17, 15) is 9.59 Å². The highest BCUT2D eigenvalue weighted by atomic mass is 32.2. The fourth-order valence-corrected chi connectivity index (χ4v) is 1.70. The second kappa shape index (κ2) is 6.90. The van der Waals surface area contributed by atoms with Gasteiger partial charge < -0.3 is 4.74 Å². The van der Waals surface area contributed by atoms with Crippen LogP contribution in [-0.2, 0) is 9.53 Å². The van der Waals surface area contributed by atoms with Gasteiger partial charge in [0.05, 0.1) is 12.4 Å². The molecule has 0 unspecified atom stereocenters. The Bertz CT molecular complexity index is 354. The van der Waals surface area contributed by atoms with Crippen molar-refractivity contribution in [3.63, 3.8) is 0 Å². The van der Waals surface area contributed by atoms with Gasteiger partial charge in [-0.15, -0.1) is 11.8 Å². The van der Waals surface area contributed by atoms with Gasteiger partial charge in [0.15, 0.2) is 0 Å². The van der Waals surface area contributed by atoms with Crippen LogP contribution >= 0.6 is 11.8 Å². The first-order valence-electron chi connectivity index (χ1n) is 4.87. The summed E-state index contributed by atoms with van der Waals surface area (Å²) < 4.78 is 4.58. The Morgan fingerprint density at radius 3 is 2.62 bits per heavy atom. The van der Waals surface area contributed by atoms with Gasteiger partial charge in [-0.2, -0.15) is 0 Å². The standard InChI is InChI=1S/C11H13NO3S/c1-2-15-11(14)12-10(13)8-16-9-6-4-3-5-7-9/h3-7H,2,8H2,1H3,(H,12,13,14). The van der Waals surface area contributed by atoms with Crippen LogP contribution in [0.2, 0.25) is 0 Å². The molecule has 0 bridgehead atoms. The molecular formula is C11H13NO3S. The van der Waals surface area contributed by atoms with Crippen molar-refractivity contribution in [3.05, 3.63) is 30.3 Å². The van der Waals surface area contributed by atoms with Crippen molar-refractivity contribution in [1.29, 1.82) is 0 Å². The molecule has 1 N–H and O–H groups in total. The summed E-state index contributed by atoms with van der Waals surface area (Å²) in [5, 5.41) is 2.13. The van der Waals surface area contributed by atoms with Crippen LogP contribution in [0.3, 0.4) is 0 Å². The van der Waals surface area contributed by atoms with E-state index in [1.807, 2.05) is 30.3 Å². The Hall–Kier alpha value is -1.49. The van der Waals surface area contributed by atoms with E-state index in [4.69, 9.17) is 0 Å². The molecule has 4 nitrogen and oxygen atoms in total. The molecule has 5 heteroatoms. The van der Waals surface area contributed by atoms with Gasteiger partial charge in [0, 0.05) is 4.90 Å². The molecule has 0 radical (unpaired) electrons. The first-order valence-corrected chi connectivity index (χ1v) is 5.85. The van der Waals surface area contributed by atoms with Gasteiger partial charge in [0.1, 0.15) is 0 Å². The number of nitrogens with one attached hydrogen (secondary N) is 1. The first kappa shape index (κ1) is 12.6. The number of ether oxygens (including phenoxy) is 1. The van der Waals surface area contributed by atoms with Gasteiger partial charge in [-0.3, -0.25) is 10.1 Å². The van der Waals surface area contributed by atoms with E-state index in [-0.39, 0.29) is 18.3 Å². The van der Waals surface area contributed by atoms with Gasteiger partial charge >= 0.3 is 6.09 Å². The zero-order valence-electron chi connectivity index (χ0n) is 8.93. The molecule has 0 aliphatic heterocycles. The summed E-state index contributed by atoms with van der Waals surface area (Å²) in [4.78, 5) is 23.2. The molecule has 1 aromatic rings. The number of carbonyl (C=O) groups is 2. The monoisotopic (exact) mass is 239 g/mol. The minimum Gasteiger partial charge on any atom is -0.450 e. The summed E-state index contributed by atoms with van der Waals surface area (Å²) in [6.07, 6.45) is -0.693. The molecule has 1 aromatic carbocycles. The van der Waals surface area contributed by atoms with Crippen molar-refractivity contribution in [2.24, 2.45) is 0 Å². The van der Waals surface area contributed by atoms with Crippen molar-refractivity contribution in [3.8, 4) is 0 Å². The largest absolute Gasteiger partial charge is 0.450 e. The fourth-order valence-electron chi connectivity index (χ4n) is 0.983. The molecule has 0 spiro atoms. The van der Waals surface area contributed by atoms with E-state index in [2.05, 4.69) is 10.1 Å². The maximum absolute atomic E-state index is 11.3. The lowest BCUT2D eigenvalue weighted by Gasteiger charge is -2.03. The summed E-state index contributed by atoms with van der Waals surface area (Å²) in [5.41, 5.74) is 0. The number of hydrogen-bond acceptors (Lipinski definition) is 4. The molecule has 0 heterocycles. The second-order valence-corrected chi connectivity index (χ2v) is 3.92. The SMILES string of the molecule is CCOC(=O)NC(=O)CSc1ccccc1. The van der Waals surface area contributed by atoms with Gasteiger partial charge in [-0.1, -0.05) is 18.2 Å². The molecule has 1 rings (SSSR count). The molecule has 0 saturated heterocycles. The Morgan fingerprint density at radius 1 is 1.31 bits per heavy atom. The highest BCUT2D eigenvalue weighted by Crippen LogP contribution is 2.16. The van der Waals surface area contributed by atoms with Gasteiger partial charge in [-0.05, 0) is 19.1 Å². The Balaban J connectivity index is 2.28. The number of imide groups is 1. The fraction of sp³-hybridized carbons (Fsp3) is 0.273. The molecule has 0 aromatic heterocycles. The number of amides is 2. The predicted molar refractivity (Wildman–Crippen MR) is 62.3 cm³/mol. The van der Waals surface area contributed by atoms with Crippen LogP contribution in [0, 0.1) is 0 Å². The summed E-state index contributed by atoms with van der Waals surface area (Å²) in [7, 11) is 0. The van der Waals surface area contributed by atoms with Crippen LogP contribution in [0.25, 0.3) is 0 Å². The smallest absolute Gasteiger partial charge is 0.413 e. The number of thioether (sulfide) groups is 1. The molecule has 0 saturated carbocycles. The topological polar surface area (TPSA) is 55.4 Å². The molecule has 0 aliphatic carbocycles. The molecule has 86 valence electrons. The van der Waals surface area contributed by atoms with Gasteiger partial charge in [0.2, 0.25) is 5.91 Å². The van der Waals surface area contributed by atoms with Crippen LogP contribution in [0.1, 0.15) is 6.92 Å². The average Bonchev–Trinajstić information content (AvgIpc) is 2.28. The number of benzene rings is 1. The molecule has 2 amide bonds. The van der Waals surface area contributed by atoms with Crippen LogP contribution in [0.15, 0.2) is 35.2 Å². The van der Waals surface area contributed by atoms with Crippen molar-refractivity contribution in [1.82, 2.24) is 5.32 Å². The predicted octanol–water partition coefficient (Wildman–Crippen LogP) is 2.05. The molecular weight excluding hydrogens is 226 g/mol. The normalized spacial score (nSPS) is 9.56. The van der Waals surface area contributed by atoms with Gasteiger partial charge in [0.25, 0.3) is 0 Å². The minimum absolute atomic E-state index is 0.197.